The number of imidazole rings is 1. The predicted molar refractivity (Wildman–Crippen MR) is 69.3 cm³/mol. The first-order chi connectivity index (χ1) is 8.80. The summed E-state index contributed by atoms with van der Waals surface area (Å²) in [5, 5.41) is 3.29. The third-order valence-electron chi connectivity index (χ3n) is 3.35. The third kappa shape index (κ3) is 2.91. The molecule has 2 rings (SSSR count). The zero-order valence-electron chi connectivity index (χ0n) is 11.3. The fraction of sp³-hybridized carbons (Fsp3) is 0.769. The van der Waals surface area contributed by atoms with E-state index in [1.54, 1.807) is 0 Å². The van der Waals surface area contributed by atoms with Crippen molar-refractivity contribution in [3.8, 4) is 0 Å². The molecule has 0 spiro atoms. The summed E-state index contributed by atoms with van der Waals surface area (Å²) in [6.45, 7) is 8.08. The first-order valence-electron chi connectivity index (χ1n) is 6.77. The van der Waals surface area contributed by atoms with Crippen LogP contribution in [0.1, 0.15) is 38.2 Å². The molecule has 18 heavy (non-hydrogen) atoms. The molecule has 1 saturated heterocycles. The van der Waals surface area contributed by atoms with Crippen molar-refractivity contribution >= 4 is 0 Å². The molecule has 0 bridgehead atoms. The maximum absolute atomic E-state index is 5.98. The summed E-state index contributed by atoms with van der Waals surface area (Å²) in [6.07, 6.45) is 3.64. The average molecular weight is 253 g/mol. The second-order valence-electron chi connectivity index (χ2n) is 4.58. The van der Waals surface area contributed by atoms with Crippen LogP contribution in [-0.2, 0) is 21.6 Å². The summed E-state index contributed by atoms with van der Waals surface area (Å²) in [4.78, 5) is 7.90. The number of hydrogen-bond acceptors (Lipinski definition) is 4. The van der Waals surface area contributed by atoms with Crippen LogP contribution in [-0.4, -0.2) is 36.3 Å². The van der Waals surface area contributed by atoms with Crippen molar-refractivity contribution in [2.45, 2.75) is 38.8 Å². The van der Waals surface area contributed by atoms with E-state index in [0.29, 0.717) is 6.61 Å². The van der Waals surface area contributed by atoms with Gasteiger partial charge in [-0.05, 0) is 13.5 Å². The van der Waals surface area contributed by atoms with Gasteiger partial charge in [-0.2, -0.15) is 0 Å². The van der Waals surface area contributed by atoms with Crippen molar-refractivity contribution in [2.24, 2.45) is 0 Å². The topological polar surface area (TPSA) is 59.2 Å². The predicted octanol–water partition coefficient (Wildman–Crippen LogP) is 1.56. The zero-order valence-corrected chi connectivity index (χ0v) is 11.3. The summed E-state index contributed by atoms with van der Waals surface area (Å²) in [6, 6.07) is 0. The molecule has 1 aliphatic rings. The average Bonchev–Trinajstić information content (AvgIpc) is 2.87. The van der Waals surface area contributed by atoms with Crippen LogP contribution in [0.15, 0.2) is 6.20 Å². The van der Waals surface area contributed by atoms with Crippen LogP contribution >= 0.6 is 0 Å². The van der Waals surface area contributed by atoms with Crippen molar-refractivity contribution in [1.82, 2.24) is 15.3 Å². The van der Waals surface area contributed by atoms with Crippen molar-refractivity contribution in [3.05, 3.63) is 17.7 Å². The van der Waals surface area contributed by atoms with Crippen LogP contribution in [0.3, 0.4) is 0 Å². The maximum Gasteiger partial charge on any atom is 0.138 e. The smallest absolute Gasteiger partial charge is 0.138 e. The number of rotatable bonds is 6. The van der Waals surface area contributed by atoms with Gasteiger partial charge in [-0.15, -0.1) is 0 Å². The van der Waals surface area contributed by atoms with E-state index in [2.05, 4.69) is 22.2 Å². The normalized spacial score (nSPS) is 19.0. The summed E-state index contributed by atoms with van der Waals surface area (Å²) in [7, 11) is 0. The highest BCUT2D eigenvalue weighted by Crippen LogP contribution is 2.34. The fourth-order valence-electron chi connectivity index (χ4n) is 2.37. The lowest BCUT2D eigenvalue weighted by Gasteiger charge is -2.35. The molecular weight excluding hydrogens is 230 g/mol. The molecule has 0 amide bonds. The minimum atomic E-state index is -0.280. The summed E-state index contributed by atoms with van der Waals surface area (Å²) >= 11 is 0. The lowest BCUT2D eigenvalue weighted by Crippen LogP contribution is -2.37. The lowest BCUT2D eigenvalue weighted by molar-refractivity contribution is -0.117. The molecule has 0 atom stereocenters. The molecule has 1 fully saturated rings. The van der Waals surface area contributed by atoms with Crippen molar-refractivity contribution in [3.63, 3.8) is 0 Å². The number of aromatic amines is 1. The Balaban J connectivity index is 2.12. The standard InChI is InChI=1S/C13H23N3O2/c1-3-14-9-11-10-15-12(16-11)13(18-4-2)5-7-17-8-6-13/h10,14H,3-9H2,1-2H3,(H,15,16). The Hall–Kier alpha value is -0.910. The van der Waals surface area contributed by atoms with E-state index in [4.69, 9.17) is 9.47 Å². The molecule has 0 aliphatic carbocycles. The Morgan fingerprint density at radius 3 is 2.89 bits per heavy atom. The van der Waals surface area contributed by atoms with Crippen molar-refractivity contribution < 1.29 is 9.47 Å². The second-order valence-corrected chi connectivity index (χ2v) is 4.58. The Morgan fingerprint density at radius 1 is 1.44 bits per heavy atom. The molecule has 5 heteroatoms. The number of ether oxygens (including phenoxy) is 2. The van der Waals surface area contributed by atoms with Gasteiger partial charge in [0.15, 0.2) is 0 Å². The molecular formula is C13H23N3O2. The monoisotopic (exact) mass is 253 g/mol. The number of nitrogens with one attached hydrogen (secondary N) is 2. The minimum Gasteiger partial charge on any atom is -0.381 e. The van der Waals surface area contributed by atoms with Gasteiger partial charge in [0.2, 0.25) is 0 Å². The van der Waals surface area contributed by atoms with E-state index in [-0.39, 0.29) is 5.60 Å². The molecule has 1 aromatic rings. The highest BCUT2D eigenvalue weighted by molar-refractivity contribution is 5.10. The van der Waals surface area contributed by atoms with E-state index in [1.165, 1.54) is 0 Å². The molecule has 0 unspecified atom stereocenters. The van der Waals surface area contributed by atoms with Gasteiger partial charge in [-0.1, -0.05) is 6.92 Å². The SMILES string of the molecule is CCNCc1cnc(C2(OCC)CCOCC2)[nH]1. The number of hydrogen-bond donors (Lipinski definition) is 2. The second kappa shape index (κ2) is 6.31. The van der Waals surface area contributed by atoms with Crippen LogP contribution in [0.4, 0.5) is 0 Å². The quantitative estimate of drug-likeness (QED) is 0.808. The molecule has 1 aliphatic heterocycles. The van der Waals surface area contributed by atoms with Crippen LogP contribution in [0.2, 0.25) is 0 Å². The van der Waals surface area contributed by atoms with E-state index in [0.717, 1.165) is 50.7 Å². The Labute approximate surface area is 108 Å². The summed E-state index contributed by atoms with van der Waals surface area (Å²) in [5.74, 6) is 0.945. The molecule has 1 aromatic heterocycles. The van der Waals surface area contributed by atoms with Crippen LogP contribution < -0.4 is 5.32 Å². The van der Waals surface area contributed by atoms with E-state index < -0.39 is 0 Å². The number of aromatic nitrogens is 2. The Kier molecular flexibility index (Phi) is 4.74. The van der Waals surface area contributed by atoms with E-state index in [9.17, 15) is 0 Å². The minimum absolute atomic E-state index is 0.280. The van der Waals surface area contributed by atoms with Gasteiger partial charge in [0.1, 0.15) is 11.4 Å². The van der Waals surface area contributed by atoms with Crippen LogP contribution in [0, 0.1) is 0 Å². The number of nitrogens with zero attached hydrogens (tertiary/aromatic N) is 1. The van der Waals surface area contributed by atoms with E-state index in [1.807, 2.05) is 13.1 Å². The Morgan fingerprint density at radius 2 is 2.22 bits per heavy atom. The van der Waals surface area contributed by atoms with Gasteiger partial charge >= 0.3 is 0 Å². The highest BCUT2D eigenvalue weighted by Gasteiger charge is 2.37. The first kappa shape index (κ1) is 13.5. The molecule has 2 N–H and O–H groups in total. The molecule has 0 saturated carbocycles. The number of H-pyrrole nitrogens is 1. The lowest BCUT2D eigenvalue weighted by atomic mass is 9.93. The van der Waals surface area contributed by atoms with Gasteiger partial charge < -0.3 is 19.8 Å². The van der Waals surface area contributed by atoms with Gasteiger partial charge in [0.25, 0.3) is 0 Å². The van der Waals surface area contributed by atoms with Gasteiger partial charge in [0.05, 0.1) is 0 Å². The molecule has 0 aromatic carbocycles. The summed E-state index contributed by atoms with van der Waals surface area (Å²) in [5.41, 5.74) is 0.828. The third-order valence-corrected chi connectivity index (χ3v) is 3.35. The molecule has 2 heterocycles. The molecule has 0 radical (unpaired) electrons. The fourth-order valence-corrected chi connectivity index (χ4v) is 2.37. The first-order valence-corrected chi connectivity index (χ1v) is 6.77. The van der Waals surface area contributed by atoms with E-state index >= 15 is 0 Å². The molecule has 102 valence electrons. The maximum atomic E-state index is 5.98. The molecule has 5 nitrogen and oxygen atoms in total. The van der Waals surface area contributed by atoms with Gasteiger partial charge in [0, 0.05) is 51.1 Å². The van der Waals surface area contributed by atoms with Crippen LogP contribution in [0.25, 0.3) is 0 Å². The zero-order chi connectivity index (χ0) is 12.8. The Bertz CT molecular complexity index is 353. The highest BCUT2D eigenvalue weighted by atomic mass is 16.5. The van der Waals surface area contributed by atoms with Gasteiger partial charge in [-0.3, -0.25) is 0 Å². The van der Waals surface area contributed by atoms with Crippen molar-refractivity contribution in [2.75, 3.05) is 26.4 Å². The van der Waals surface area contributed by atoms with Crippen molar-refractivity contribution in [1.29, 1.82) is 0 Å². The largest absolute Gasteiger partial charge is 0.381 e. The van der Waals surface area contributed by atoms with Gasteiger partial charge in [-0.25, -0.2) is 4.98 Å². The summed E-state index contributed by atoms with van der Waals surface area (Å²) < 4.78 is 11.4. The van der Waals surface area contributed by atoms with Crippen LogP contribution in [0.5, 0.6) is 0 Å².